The van der Waals surface area contributed by atoms with E-state index in [1.807, 2.05) is 51.1 Å². The maximum absolute atomic E-state index is 13.0. The quantitative estimate of drug-likeness (QED) is 0.303. The van der Waals surface area contributed by atoms with E-state index in [9.17, 15) is 14.4 Å². The number of aryl methyl sites for hydroxylation is 1. The predicted molar refractivity (Wildman–Crippen MR) is 131 cm³/mol. The molecular formula is C27H25N3O5. The Hall–Kier alpha value is -4.33. The molecule has 0 fully saturated rings. The Balaban J connectivity index is 1.49. The number of rotatable bonds is 6. The molecule has 0 aliphatic heterocycles. The summed E-state index contributed by atoms with van der Waals surface area (Å²) in [5.74, 6) is -1.18. The van der Waals surface area contributed by atoms with Gasteiger partial charge in [0.05, 0.1) is 22.3 Å². The normalized spacial score (nSPS) is 11.3. The zero-order valence-electron chi connectivity index (χ0n) is 19.9. The molecule has 1 amide bonds. The lowest BCUT2D eigenvalue weighted by Gasteiger charge is -2.17. The van der Waals surface area contributed by atoms with Crippen LogP contribution in [0.5, 0.6) is 0 Å². The van der Waals surface area contributed by atoms with Gasteiger partial charge in [0, 0.05) is 22.2 Å². The monoisotopic (exact) mass is 471 g/mol. The van der Waals surface area contributed by atoms with E-state index in [2.05, 4.69) is 15.5 Å². The largest absolute Gasteiger partial charge is 0.454 e. The number of esters is 1. The van der Waals surface area contributed by atoms with Crippen LogP contribution in [-0.4, -0.2) is 34.4 Å². The molecule has 0 spiro atoms. The number of pyridine rings is 1. The highest BCUT2D eigenvalue weighted by Gasteiger charge is 2.23. The molecule has 35 heavy (non-hydrogen) atoms. The van der Waals surface area contributed by atoms with Crippen LogP contribution in [0.2, 0.25) is 0 Å². The van der Waals surface area contributed by atoms with E-state index in [1.165, 1.54) is 0 Å². The van der Waals surface area contributed by atoms with Crippen LogP contribution < -0.4 is 5.32 Å². The van der Waals surface area contributed by atoms with Crippen molar-refractivity contribution in [2.24, 2.45) is 5.41 Å². The van der Waals surface area contributed by atoms with Gasteiger partial charge in [-0.1, -0.05) is 56.3 Å². The number of nitrogens with one attached hydrogen (secondary N) is 1. The summed E-state index contributed by atoms with van der Waals surface area (Å²) in [4.78, 5) is 42.2. The standard InChI is InChI=1S/C27H25N3O5/c1-16-23-20(14-21(29-24(23)35-30-16)17-8-6-5-7-9-17)25(32)34-15-22(31)18-10-12-19(13-11-18)28-26(33)27(2,3)4/h5-14H,15H2,1-4H3,(H,28,33). The first-order valence-corrected chi connectivity index (χ1v) is 11.1. The number of carbonyl (C=O) groups excluding carboxylic acids is 3. The minimum Gasteiger partial charge on any atom is -0.454 e. The summed E-state index contributed by atoms with van der Waals surface area (Å²) in [6, 6.07) is 17.4. The van der Waals surface area contributed by atoms with E-state index in [1.54, 1.807) is 37.3 Å². The van der Waals surface area contributed by atoms with Gasteiger partial charge in [0.1, 0.15) is 0 Å². The van der Waals surface area contributed by atoms with Crippen molar-refractivity contribution in [2.45, 2.75) is 27.7 Å². The van der Waals surface area contributed by atoms with Gasteiger partial charge in [0.2, 0.25) is 5.91 Å². The Bertz CT molecular complexity index is 1400. The van der Waals surface area contributed by atoms with Crippen LogP contribution in [0.15, 0.2) is 65.2 Å². The number of nitrogens with zero attached hydrogens (tertiary/aromatic N) is 2. The van der Waals surface area contributed by atoms with Gasteiger partial charge < -0.3 is 14.6 Å². The van der Waals surface area contributed by atoms with Crippen LogP contribution in [-0.2, 0) is 9.53 Å². The van der Waals surface area contributed by atoms with Gasteiger partial charge in [-0.05, 0) is 37.3 Å². The van der Waals surface area contributed by atoms with Crippen molar-refractivity contribution in [1.29, 1.82) is 0 Å². The van der Waals surface area contributed by atoms with Crippen LogP contribution in [0.25, 0.3) is 22.4 Å². The third-order valence-electron chi connectivity index (χ3n) is 5.39. The first-order chi connectivity index (χ1) is 16.6. The van der Waals surface area contributed by atoms with Gasteiger partial charge in [-0.2, -0.15) is 0 Å². The number of benzene rings is 2. The first kappa shape index (κ1) is 23.8. The van der Waals surface area contributed by atoms with Crippen LogP contribution >= 0.6 is 0 Å². The number of Topliss-reactive ketones (excluding diaryl/α,β-unsaturated/α-hetero) is 1. The molecule has 0 aliphatic rings. The molecule has 4 rings (SSSR count). The Morgan fingerprint density at radius 2 is 1.69 bits per heavy atom. The molecule has 0 radical (unpaired) electrons. The third-order valence-corrected chi connectivity index (χ3v) is 5.39. The summed E-state index contributed by atoms with van der Waals surface area (Å²) in [7, 11) is 0. The fourth-order valence-corrected chi connectivity index (χ4v) is 3.36. The third kappa shape index (κ3) is 5.27. The number of ketones is 1. The van der Waals surface area contributed by atoms with E-state index < -0.39 is 18.0 Å². The van der Waals surface area contributed by atoms with Gasteiger partial charge >= 0.3 is 5.97 Å². The summed E-state index contributed by atoms with van der Waals surface area (Å²) < 4.78 is 10.6. The van der Waals surface area contributed by atoms with Gasteiger partial charge in [-0.3, -0.25) is 9.59 Å². The average Bonchev–Trinajstić information content (AvgIpc) is 3.22. The molecule has 8 heteroatoms. The minimum absolute atomic E-state index is 0.131. The summed E-state index contributed by atoms with van der Waals surface area (Å²) in [5.41, 5.74) is 2.66. The van der Waals surface area contributed by atoms with Crippen LogP contribution in [0, 0.1) is 12.3 Å². The Kier molecular flexibility index (Phi) is 6.46. The lowest BCUT2D eigenvalue weighted by molar-refractivity contribution is -0.123. The number of anilines is 1. The van der Waals surface area contributed by atoms with E-state index in [0.29, 0.717) is 28.0 Å². The lowest BCUT2D eigenvalue weighted by Crippen LogP contribution is -2.27. The highest BCUT2D eigenvalue weighted by molar-refractivity contribution is 6.06. The molecule has 8 nitrogen and oxygen atoms in total. The van der Waals surface area contributed by atoms with Gasteiger partial charge in [0.15, 0.2) is 12.4 Å². The molecule has 1 N–H and O–H groups in total. The van der Waals surface area contributed by atoms with E-state index >= 15 is 0 Å². The van der Waals surface area contributed by atoms with Crippen LogP contribution in [0.1, 0.15) is 47.2 Å². The highest BCUT2D eigenvalue weighted by Crippen LogP contribution is 2.27. The Labute approximate surface area is 202 Å². The van der Waals surface area contributed by atoms with Gasteiger partial charge in [-0.25, -0.2) is 9.78 Å². The van der Waals surface area contributed by atoms with Crippen molar-refractivity contribution in [2.75, 3.05) is 11.9 Å². The number of carbonyl (C=O) groups is 3. The van der Waals surface area contributed by atoms with Gasteiger partial charge in [-0.15, -0.1) is 0 Å². The number of ether oxygens (including phenoxy) is 1. The molecule has 2 aromatic carbocycles. The fraction of sp³-hybridized carbons (Fsp3) is 0.222. The highest BCUT2D eigenvalue weighted by atomic mass is 16.5. The van der Waals surface area contributed by atoms with Crippen molar-refractivity contribution in [1.82, 2.24) is 10.1 Å². The van der Waals surface area contributed by atoms with Crippen molar-refractivity contribution in [3.63, 3.8) is 0 Å². The maximum atomic E-state index is 13.0. The molecule has 178 valence electrons. The smallest absolute Gasteiger partial charge is 0.339 e. The van der Waals surface area contributed by atoms with E-state index in [0.717, 1.165) is 5.56 Å². The van der Waals surface area contributed by atoms with Crippen LogP contribution in [0.3, 0.4) is 0 Å². The molecule has 0 atom stereocenters. The minimum atomic E-state index is -0.678. The molecular weight excluding hydrogens is 446 g/mol. The summed E-state index contributed by atoms with van der Waals surface area (Å²) in [6.07, 6.45) is 0. The molecule has 0 unspecified atom stereocenters. The summed E-state index contributed by atoms with van der Waals surface area (Å²) >= 11 is 0. The van der Waals surface area contributed by atoms with E-state index in [4.69, 9.17) is 9.26 Å². The zero-order chi connectivity index (χ0) is 25.2. The van der Waals surface area contributed by atoms with Crippen molar-refractivity contribution < 1.29 is 23.6 Å². The summed E-state index contributed by atoms with van der Waals surface area (Å²) in [5, 5.41) is 7.17. The molecule has 0 aliphatic carbocycles. The predicted octanol–water partition coefficient (Wildman–Crippen LogP) is 5.22. The van der Waals surface area contributed by atoms with Crippen molar-refractivity contribution >= 4 is 34.4 Å². The zero-order valence-corrected chi connectivity index (χ0v) is 19.9. The second-order valence-corrected chi connectivity index (χ2v) is 9.15. The number of fused-ring (bicyclic) bond motifs is 1. The average molecular weight is 472 g/mol. The molecule has 4 aromatic rings. The topological polar surface area (TPSA) is 111 Å². The number of aromatic nitrogens is 2. The molecule has 2 heterocycles. The number of amides is 1. The molecule has 0 saturated heterocycles. The number of hydrogen-bond acceptors (Lipinski definition) is 7. The van der Waals surface area contributed by atoms with Crippen molar-refractivity contribution in [3.05, 3.63) is 77.5 Å². The maximum Gasteiger partial charge on any atom is 0.339 e. The Morgan fingerprint density at radius 1 is 1.00 bits per heavy atom. The fourth-order valence-electron chi connectivity index (χ4n) is 3.36. The molecule has 0 saturated carbocycles. The SMILES string of the molecule is Cc1noc2nc(-c3ccccc3)cc(C(=O)OCC(=O)c3ccc(NC(=O)C(C)(C)C)cc3)c12. The Morgan fingerprint density at radius 3 is 2.34 bits per heavy atom. The number of hydrogen-bond donors (Lipinski definition) is 1. The second kappa shape index (κ2) is 9.50. The summed E-state index contributed by atoms with van der Waals surface area (Å²) in [6.45, 7) is 6.71. The van der Waals surface area contributed by atoms with Gasteiger partial charge in [0.25, 0.3) is 5.71 Å². The molecule has 0 bridgehead atoms. The lowest BCUT2D eigenvalue weighted by atomic mass is 9.95. The molecule has 2 aromatic heterocycles. The van der Waals surface area contributed by atoms with Crippen LogP contribution in [0.4, 0.5) is 5.69 Å². The van der Waals surface area contributed by atoms with Crippen molar-refractivity contribution in [3.8, 4) is 11.3 Å². The second-order valence-electron chi connectivity index (χ2n) is 9.15. The van der Waals surface area contributed by atoms with E-state index in [-0.39, 0.29) is 23.0 Å². The first-order valence-electron chi connectivity index (χ1n) is 11.1.